The van der Waals surface area contributed by atoms with E-state index in [2.05, 4.69) is 0 Å². The number of benzene rings is 2. The van der Waals surface area contributed by atoms with Crippen LogP contribution in [-0.4, -0.2) is 5.97 Å². The molecule has 2 aromatic carbocycles. The molecule has 134 valence electrons. The molecule has 0 bridgehead atoms. The fraction of sp³-hybridized carbons (Fsp3) is 0.130. The molecule has 0 atom stereocenters. The number of carbonyl (C=O) groups excluding carboxylic acids is 1. The topological polar surface area (TPSA) is 56.5 Å². The highest BCUT2D eigenvalue weighted by molar-refractivity contribution is 6.06. The van der Waals surface area contributed by atoms with Crippen LogP contribution < -0.4 is 5.63 Å². The van der Waals surface area contributed by atoms with E-state index in [4.69, 9.17) is 9.15 Å². The molecule has 4 rings (SSSR count). The van der Waals surface area contributed by atoms with Crippen LogP contribution in [0.25, 0.3) is 22.8 Å². The van der Waals surface area contributed by atoms with Crippen LogP contribution in [-0.2, 0) is 9.53 Å². The Morgan fingerprint density at radius 2 is 1.63 bits per heavy atom. The number of cyclic esters (lactones) is 1. The van der Waals surface area contributed by atoms with Crippen LogP contribution in [0.4, 0.5) is 0 Å². The zero-order chi connectivity index (χ0) is 19.1. The molecule has 0 saturated heterocycles. The van der Waals surface area contributed by atoms with Crippen molar-refractivity contribution >= 4 is 28.8 Å². The minimum atomic E-state index is -0.451. The summed E-state index contributed by atoms with van der Waals surface area (Å²) < 4.78 is 10.8. The third-order valence-electron chi connectivity index (χ3n) is 4.59. The fourth-order valence-electron chi connectivity index (χ4n) is 3.35. The van der Waals surface area contributed by atoms with Crippen molar-refractivity contribution in [1.29, 1.82) is 0 Å². The van der Waals surface area contributed by atoms with Crippen LogP contribution >= 0.6 is 0 Å². The average molecular weight is 358 g/mol. The van der Waals surface area contributed by atoms with Gasteiger partial charge < -0.3 is 9.15 Å². The second kappa shape index (κ2) is 6.40. The molecule has 3 aromatic rings. The molecule has 4 heteroatoms. The summed E-state index contributed by atoms with van der Waals surface area (Å²) in [7, 11) is 0. The lowest BCUT2D eigenvalue weighted by Gasteiger charge is -2.06. The number of carbonyl (C=O) groups is 1. The maximum Gasteiger partial charge on any atom is 0.343 e. The van der Waals surface area contributed by atoms with E-state index in [-0.39, 0.29) is 0 Å². The second-order valence-electron chi connectivity index (χ2n) is 6.84. The number of hydrogen-bond donors (Lipinski definition) is 0. The van der Waals surface area contributed by atoms with Crippen molar-refractivity contribution in [2.45, 2.75) is 20.8 Å². The van der Waals surface area contributed by atoms with Gasteiger partial charge in [0.25, 0.3) is 0 Å². The lowest BCUT2D eigenvalue weighted by Crippen LogP contribution is -2.01. The summed E-state index contributed by atoms with van der Waals surface area (Å²) in [6, 6.07) is 13.0. The van der Waals surface area contributed by atoms with E-state index in [0.717, 1.165) is 27.6 Å². The predicted molar refractivity (Wildman–Crippen MR) is 105 cm³/mol. The summed E-state index contributed by atoms with van der Waals surface area (Å²) in [6.07, 6.45) is 3.39. The van der Waals surface area contributed by atoms with Gasteiger partial charge in [-0.25, -0.2) is 9.59 Å². The van der Waals surface area contributed by atoms with E-state index in [1.165, 1.54) is 6.07 Å². The maximum absolute atomic E-state index is 12.3. The van der Waals surface area contributed by atoms with E-state index >= 15 is 0 Å². The van der Waals surface area contributed by atoms with Crippen LogP contribution in [0.2, 0.25) is 0 Å². The first-order chi connectivity index (χ1) is 12.9. The molecule has 1 aliphatic rings. The Bertz CT molecular complexity index is 1190. The van der Waals surface area contributed by atoms with Gasteiger partial charge in [-0.1, -0.05) is 35.9 Å². The lowest BCUT2D eigenvalue weighted by atomic mass is 10.0. The van der Waals surface area contributed by atoms with Gasteiger partial charge in [0.1, 0.15) is 11.3 Å². The third kappa shape index (κ3) is 3.22. The molecule has 2 heterocycles. The molecule has 0 radical (unpaired) electrons. The van der Waals surface area contributed by atoms with Gasteiger partial charge in [0.15, 0.2) is 0 Å². The number of esters is 1. The van der Waals surface area contributed by atoms with Gasteiger partial charge in [-0.2, -0.15) is 0 Å². The Morgan fingerprint density at radius 3 is 2.37 bits per heavy atom. The molecule has 0 fully saturated rings. The van der Waals surface area contributed by atoms with Gasteiger partial charge in [0.05, 0.1) is 5.57 Å². The largest absolute Gasteiger partial charge is 0.423 e. The van der Waals surface area contributed by atoms with Crippen molar-refractivity contribution in [2.24, 2.45) is 0 Å². The Morgan fingerprint density at radius 1 is 0.889 bits per heavy atom. The number of hydrogen-bond acceptors (Lipinski definition) is 4. The summed E-state index contributed by atoms with van der Waals surface area (Å²) in [5, 5.41) is 0.817. The van der Waals surface area contributed by atoms with Crippen LogP contribution in [0.3, 0.4) is 0 Å². The van der Waals surface area contributed by atoms with E-state index in [9.17, 15) is 9.59 Å². The summed E-state index contributed by atoms with van der Waals surface area (Å²) in [6.45, 7) is 5.90. The van der Waals surface area contributed by atoms with Gasteiger partial charge in [0.2, 0.25) is 0 Å². The number of aryl methyl sites for hydroxylation is 3. The fourth-order valence-corrected chi connectivity index (χ4v) is 3.35. The van der Waals surface area contributed by atoms with Crippen LogP contribution in [0.1, 0.15) is 27.8 Å². The normalized spacial score (nSPS) is 15.3. The van der Waals surface area contributed by atoms with Crippen molar-refractivity contribution in [3.05, 3.63) is 92.4 Å². The molecule has 1 aromatic heterocycles. The molecule has 4 nitrogen and oxygen atoms in total. The third-order valence-corrected chi connectivity index (χ3v) is 4.59. The van der Waals surface area contributed by atoms with Crippen molar-refractivity contribution < 1.29 is 13.9 Å². The molecular formula is C23H18O4. The van der Waals surface area contributed by atoms with Gasteiger partial charge in [-0.05, 0) is 55.7 Å². The van der Waals surface area contributed by atoms with Crippen molar-refractivity contribution in [1.82, 2.24) is 0 Å². The Hall–Kier alpha value is -3.40. The summed E-state index contributed by atoms with van der Waals surface area (Å²) in [4.78, 5) is 24.3. The smallest absolute Gasteiger partial charge is 0.343 e. The molecular weight excluding hydrogens is 340 g/mol. The Balaban J connectivity index is 1.85. The van der Waals surface area contributed by atoms with Gasteiger partial charge in [-0.3, -0.25) is 0 Å². The Labute approximate surface area is 156 Å². The van der Waals surface area contributed by atoms with Crippen LogP contribution in [0, 0.1) is 20.8 Å². The summed E-state index contributed by atoms with van der Waals surface area (Å²) >= 11 is 0. The minimum Gasteiger partial charge on any atom is -0.423 e. The maximum atomic E-state index is 12.3. The van der Waals surface area contributed by atoms with Gasteiger partial charge in [0, 0.05) is 17.0 Å². The molecule has 0 amide bonds. The van der Waals surface area contributed by atoms with Crippen molar-refractivity contribution in [3.8, 4) is 0 Å². The van der Waals surface area contributed by atoms with E-state index in [1.807, 2.05) is 57.2 Å². The summed E-state index contributed by atoms with van der Waals surface area (Å²) in [5.41, 5.74) is 5.07. The standard InChI is InChI=1S/C23H18O4/c1-13-4-6-16(7-5-13)19-11-18(23(25)27-19)10-17-12-21(24)26-20-9-14(2)8-15(3)22(17)20/h4-12H,1-3H3/b18-10+. The van der Waals surface area contributed by atoms with E-state index in [1.54, 1.807) is 12.2 Å². The zero-order valence-electron chi connectivity index (χ0n) is 15.3. The van der Waals surface area contributed by atoms with E-state index < -0.39 is 11.6 Å². The molecule has 1 aliphatic heterocycles. The quantitative estimate of drug-likeness (QED) is 0.378. The summed E-state index contributed by atoms with van der Waals surface area (Å²) in [5.74, 6) is 0.0721. The average Bonchev–Trinajstić information content (AvgIpc) is 2.95. The monoisotopic (exact) mass is 358 g/mol. The Kier molecular flexibility index (Phi) is 4.04. The lowest BCUT2D eigenvalue weighted by molar-refractivity contribution is -0.130. The predicted octanol–water partition coefficient (Wildman–Crippen LogP) is 4.70. The van der Waals surface area contributed by atoms with Gasteiger partial charge in [-0.15, -0.1) is 0 Å². The highest BCUT2D eigenvalue weighted by Crippen LogP contribution is 2.30. The zero-order valence-corrected chi connectivity index (χ0v) is 15.3. The molecule has 0 unspecified atom stereocenters. The highest BCUT2D eigenvalue weighted by atomic mass is 16.5. The molecule has 0 spiro atoms. The minimum absolute atomic E-state index is 0.400. The first-order valence-corrected chi connectivity index (χ1v) is 8.68. The molecule has 0 N–H and O–H groups in total. The molecule has 0 saturated carbocycles. The van der Waals surface area contributed by atoms with Crippen LogP contribution in [0.5, 0.6) is 0 Å². The molecule has 27 heavy (non-hydrogen) atoms. The van der Waals surface area contributed by atoms with E-state index in [0.29, 0.717) is 22.5 Å². The van der Waals surface area contributed by atoms with Crippen molar-refractivity contribution in [2.75, 3.05) is 0 Å². The van der Waals surface area contributed by atoms with Gasteiger partial charge >= 0.3 is 11.6 Å². The van der Waals surface area contributed by atoms with Crippen molar-refractivity contribution in [3.63, 3.8) is 0 Å². The number of rotatable bonds is 2. The number of ether oxygens (including phenoxy) is 1. The first-order valence-electron chi connectivity index (χ1n) is 8.68. The second-order valence-corrected chi connectivity index (χ2v) is 6.84. The first kappa shape index (κ1) is 17.0. The molecule has 0 aliphatic carbocycles. The number of fused-ring (bicyclic) bond motifs is 1. The highest BCUT2D eigenvalue weighted by Gasteiger charge is 2.22. The van der Waals surface area contributed by atoms with Crippen LogP contribution in [0.15, 0.2) is 63.3 Å². The SMILES string of the molecule is Cc1ccc(C2=C/C(=C\c3cc(=O)oc4cc(C)cc(C)c34)C(=O)O2)cc1.